The van der Waals surface area contributed by atoms with E-state index < -0.39 is 0 Å². The van der Waals surface area contributed by atoms with Crippen LogP contribution in [0.25, 0.3) is 11.1 Å². The minimum atomic E-state index is -0.0441. The number of thiophene rings is 1. The molecule has 3 aromatic heterocycles. The average Bonchev–Trinajstić information content (AvgIpc) is 3.38. The Morgan fingerprint density at radius 2 is 1.93 bits per heavy atom. The van der Waals surface area contributed by atoms with Gasteiger partial charge < -0.3 is 30.5 Å². The molecule has 0 spiro atoms. The fourth-order valence-corrected chi connectivity index (χ4v) is 7.72. The number of rotatable bonds is 7. The van der Waals surface area contributed by atoms with Crippen LogP contribution in [0, 0.1) is 0 Å². The SMILES string of the molecule is CC(=O)N1CC=C(c2cc(N3CCC[C@@H](NC(=O)c4sc(C5CC5)cc4OC4CCN(C)CC4)C3)c3c(N)ncnn23)C1. The molecule has 3 fully saturated rings. The van der Waals surface area contributed by atoms with Gasteiger partial charge >= 0.3 is 0 Å². The van der Waals surface area contributed by atoms with Crippen molar-refractivity contribution in [3.63, 3.8) is 0 Å². The molecule has 1 atom stereocenters. The number of carbonyl (C=O) groups is 2. The molecular weight excluding hydrogens is 564 g/mol. The van der Waals surface area contributed by atoms with Gasteiger partial charge in [0.1, 0.15) is 28.6 Å². The zero-order valence-electron chi connectivity index (χ0n) is 24.9. The van der Waals surface area contributed by atoms with E-state index in [4.69, 9.17) is 10.5 Å². The number of piperidine rings is 2. The van der Waals surface area contributed by atoms with Crippen molar-refractivity contribution in [3.8, 4) is 5.75 Å². The summed E-state index contributed by atoms with van der Waals surface area (Å²) < 4.78 is 8.32. The summed E-state index contributed by atoms with van der Waals surface area (Å²) in [6.07, 6.45) is 9.87. The molecular formula is C31H40N8O3S. The predicted octanol–water partition coefficient (Wildman–Crippen LogP) is 3.37. The molecule has 1 aliphatic carbocycles. The highest BCUT2D eigenvalue weighted by atomic mass is 32.1. The van der Waals surface area contributed by atoms with Crippen molar-refractivity contribution in [3.05, 3.63) is 40.0 Å². The first-order valence-corrected chi connectivity index (χ1v) is 16.3. The van der Waals surface area contributed by atoms with Gasteiger partial charge in [-0.25, -0.2) is 9.50 Å². The van der Waals surface area contributed by atoms with Gasteiger partial charge in [0, 0.05) is 57.1 Å². The zero-order chi connectivity index (χ0) is 29.7. The van der Waals surface area contributed by atoms with E-state index in [1.54, 1.807) is 23.2 Å². The normalized spacial score (nSPS) is 21.8. The summed E-state index contributed by atoms with van der Waals surface area (Å²) >= 11 is 1.60. The molecule has 0 radical (unpaired) electrons. The molecule has 6 heterocycles. The number of ether oxygens (including phenoxy) is 1. The first-order valence-electron chi connectivity index (χ1n) is 15.5. The molecule has 0 unspecified atom stereocenters. The van der Waals surface area contributed by atoms with Crippen LogP contribution in [-0.2, 0) is 4.79 Å². The summed E-state index contributed by atoms with van der Waals surface area (Å²) in [5.74, 6) is 1.73. The molecule has 7 rings (SSSR count). The van der Waals surface area contributed by atoms with Gasteiger partial charge in [-0.2, -0.15) is 5.10 Å². The number of amides is 2. The molecule has 2 saturated heterocycles. The van der Waals surface area contributed by atoms with Gasteiger partial charge in [-0.3, -0.25) is 9.59 Å². The third kappa shape index (κ3) is 5.70. The van der Waals surface area contributed by atoms with E-state index in [1.807, 2.05) is 4.52 Å². The highest BCUT2D eigenvalue weighted by Crippen LogP contribution is 2.46. The van der Waals surface area contributed by atoms with E-state index in [0.717, 1.165) is 73.5 Å². The number of aromatic nitrogens is 3. The van der Waals surface area contributed by atoms with Gasteiger partial charge in [-0.1, -0.05) is 6.08 Å². The second-order valence-corrected chi connectivity index (χ2v) is 13.5. The number of hydrogen-bond acceptors (Lipinski definition) is 9. The van der Waals surface area contributed by atoms with Crippen molar-refractivity contribution in [2.75, 3.05) is 56.9 Å². The topological polar surface area (TPSA) is 121 Å². The Hall–Kier alpha value is -3.64. The number of nitrogens with zero attached hydrogens (tertiary/aromatic N) is 6. The van der Waals surface area contributed by atoms with Gasteiger partial charge in [0.2, 0.25) is 5.91 Å². The highest BCUT2D eigenvalue weighted by molar-refractivity contribution is 7.14. The molecule has 43 heavy (non-hydrogen) atoms. The van der Waals surface area contributed by atoms with E-state index in [2.05, 4.69) is 50.5 Å². The second-order valence-electron chi connectivity index (χ2n) is 12.4. The van der Waals surface area contributed by atoms with Crippen molar-refractivity contribution in [1.29, 1.82) is 0 Å². The Labute approximate surface area is 255 Å². The maximum Gasteiger partial charge on any atom is 0.265 e. The van der Waals surface area contributed by atoms with Gasteiger partial charge in [0.25, 0.3) is 5.91 Å². The smallest absolute Gasteiger partial charge is 0.265 e. The summed E-state index contributed by atoms with van der Waals surface area (Å²) in [5.41, 5.74) is 10.1. The van der Waals surface area contributed by atoms with E-state index in [9.17, 15) is 9.59 Å². The maximum absolute atomic E-state index is 13.8. The molecule has 228 valence electrons. The van der Waals surface area contributed by atoms with Crippen molar-refractivity contribution in [1.82, 2.24) is 29.7 Å². The number of nitrogens with one attached hydrogen (secondary N) is 1. The molecule has 0 aromatic carbocycles. The Balaban J connectivity index is 1.10. The van der Waals surface area contributed by atoms with Crippen LogP contribution in [0.4, 0.5) is 11.5 Å². The fourth-order valence-electron chi connectivity index (χ4n) is 6.55. The van der Waals surface area contributed by atoms with Gasteiger partial charge in [0.05, 0.1) is 11.4 Å². The molecule has 2 amide bonds. The van der Waals surface area contributed by atoms with Crippen molar-refractivity contribution in [2.45, 2.75) is 63.5 Å². The van der Waals surface area contributed by atoms with Crippen LogP contribution in [0.1, 0.15) is 71.6 Å². The van der Waals surface area contributed by atoms with E-state index >= 15 is 0 Å². The molecule has 3 N–H and O–H groups in total. The van der Waals surface area contributed by atoms with Gasteiger partial charge in [0.15, 0.2) is 5.82 Å². The number of nitrogens with two attached hydrogens (primary N) is 1. The average molecular weight is 605 g/mol. The maximum atomic E-state index is 13.8. The van der Waals surface area contributed by atoms with Crippen LogP contribution in [0.3, 0.4) is 0 Å². The van der Waals surface area contributed by atoms with E-state index in [-0.39, 0.29) is 24.0 Å². The van der Waals surface area contributed by atoms with Crippen molar-refractivity contribution in [2.24, 2.45) is 0 Å². The van der Waals surface area contributed by atoms with Crippen LogP contribution in [0.2, 0.25) is 0 Å². The monoisotopic (exact) mass is 604 g/mol. The number of anilines is 2. The number of nitrogen functional groups attached to an aromatic ring is 1. The molecule has 0 bridgehead atoms. The van der Waals surface area contributed by atoms with Crippen LogP contribution in [-0.4, -0.2) is 94.7 Å². The molecule has 3 aromatic rings. The molecule has 4 aliphatic rings. The summed E-state index contributed by atoms with van der Waals surface area (Å²) in [5, 5.41) is 7.88. The molecule has 3 aliphatic heterocycles. The van der Waals surface area contributed by atoms with Gasteiger partial charge in [-0.05, 0) is 69.2 Å². The Kier molecular flexibility index (Phi) is 7.50. The number of carbonyl (C=O) groups excluding carboxylic acids is 2. The Bertz CT molecular complexity index is 1570. The zero-order valence-corrected chi connectivity index (χ0v) is 25.7. The first-order chi connectivity index (χ1) is 20.8. The van der Waals surface area contributed by atoms with Crippen LogP contribution < -0.4 is 20.7 Å². The summed E-state index contributed by atoms with van der Waals surface area (Å²) in [4.78, 5) is 38.4. The first kappa shape index (κ1) is 28.1. The lowest BCUT2D eigenvalue weighted by Gasteiger charge is -2.34. The summed E-state index contributed by atoms with van der Waals surface area (Å²) in [6.45, 7) is 6.24. The lowest BCUT2D eigenvalue weighted by atomic mass is 10.0. The minimum Gasteiger partial charge on any atom is -0.489 e. The molecule has 11 nitrogen and oxygen atoms in total. The second kappa shape index (κ2) is 11.5. The lowest BCUT2D eigenvalue weighted by molar-refractivity contribution is -0.127. The molecule has 1 saturated carbocycles. The van der Waals surface area contributed by atoms with Crippen molar-refractivity contribution < 1.29 is 14.3 Å². The Morgan fingerprint density at radius 1 is 1.12 bits per heavy atom. The van der Waals surface area contributed by atoms with Crippen LogP contribution in [0.5, 0.6) is 5.75 Å². The third-order valence-electron chi connectivity index (χ3n) is 9.22. The third-order valence-corrected chi connectivity index (χ3v) is 10.5. The highest BCUT2D eigenvalue weighted by Gasteiger charge is 2.32. The Morgan fingerprint density at radius 3 is 2.67 bits per heavy atom. The van der Waals surface area contributed by atoms with Crippen LogP contribution in [0.15, 0.2) is 24.5 Å². The van der Waals surface area contributed by atoms with Crippen LogP contribution >= 0.6 is 11.3 Å². The largest absolute Gasteiger partial charge is 0.489 e. The fraction of sp³-hybridized carbons (Fsp3) is 0.548. The molecule has 12 heteroatoms. The summed E-state index contributed by atoms with van der Waals surface area (Å²) in [6, 6.07) is 4.21. The minimum absolute atomic E-state index is 0.0212. The predicted molar refractivity (Wildman–Crippen MR) is 168 cm³/mol. The van der Waals surface area contributed by atoms with Gasteiger partial charge in [-0.15, -0.1) is 11.3 Å². The summed E-state index contributed by atoms with van der Waals surface area (Å²) in [7, 11) is 2.14. The standard InChI is InChI=1S/C31H40N8O3S/c1-19(40)37-13-7-21(16-37)24-14-25(28-30(32)33-18-34-39(24)28)38-10-3-4-22(17-38)35-31(41)29-26(15-27(43-29)20-5-6-20)42-23-8-11-36(2)12-9-23/h7,14-15,18,20,22-23H,3-6,8-13,16-17H2,1-2H3,(H,35,41)(H2,32,33,34)/t22-/m1/s1. The number of likely N-dealkylation sites (tertiary alicyclic amines) is 1. The van der Waals surface area contributed by atoms with E-state index in [1.165, 1.54) is 24.0 Å². The number of fused-ring (bicyclic) bond motifs is 1. The van der Waals surface area contributed by atoms with E-state index in [0.29, 0.717) is 36.2 Å². The number of hydrogen-bond donors (Lipinski definition) is 2. The quantitative estimate of drug-likeness (QED) is 0.421. The lowest BCUT2D eigenvalue weighted by Crippen LogP contribution is -2.47. The van der Waals surface area contributed by atoms with Crippen molar-refractivity contribution >= 4 is 45.7 Å².